The number of rotatable bonds is 6. The molecule has 0 saturated carbocycles. The zero-order valence-corrected chi connectivity index (χ0v) is 19.4. The first-order valence-electron chi connectivity index (χ1n) is 11.3. The maximum atomic E-state index is 5.62. The Hall–Kier alpha value is -4.30. The Morgan fingerprint density at radius 3 is 1.06 bits per heavy atom. The molecule has 0 bridgehead atoms. The Balaban J connectivity index is 1.49. The standard InChI is InChI=1S/C32H26O2/c1-33-31-19-17-27(21-29(31)25-9-5-3-6-10-25)23-13-15-24(16-14-23)28-18-20-32(34-2)30(22-28)26-11-7-4-8-12-26/h3-22H,1-2H3. The number of ether oxygens (including phenoxy) is 2. The molecule has 2 nitrogen and oxygen atoms in total. The molecule has 0 radical (unpaired) electrons. The van der Waals surface area contributed by atoms with Crippen LogP contribution in [0.1, 0.15) is 0 Å². The second-order valence-electron chi connectivity index (χ2n) is 8.14. The minimum Gasteiger partial charge on any atom is -0.496 e. The van der Waals surface area contributed by atoms with Crippen molar-refractivity contribution in [2.75, 3.05) is 14.2 Å². The van der Waals surface area contributed by atoms with Crippen LogP contribution in [0.5, 0.6) is 11.5 Å². The van der Waals surface area contributed by atoms with Gasteiger partial charge in [-0.2, -0.15) is 0 Å². The summed E-state index contributed by atoms with van der Waals surface area (Å²) < 4.78 is 11.2. The maximum Gasteiger partial charge on any atom is 0.126 e. The van der Waals surface area contributed by atoms with Crippen molar-refractivity contribution < 1.29 is 9.47 Å². The molecule has 0 atom stereocenters. The highest BCUT2D eigenvalue weighted by atomic mass is 16.5. The number of hydrogen-bond acceptors (Lipinski definition) is 2. The van der Waals surface area contributed by atoms with Crippen molar-refractivity contribution in [2.45, 2.75) is 0 Å². The van der Waals surface area contributed by atoms with Crippen molar-refractivity contribution in [3.8, 4) is 56.0 Å². The van der Waals surface area contributed by atoms with Gasteiger partial charge in [0.1, 0.15) is 11.5 Å². The number of hydrogen-bond donors (Lipinski definition) is 0. The fourth-order valence-electron chi connectivity index (χ4n) is 4.32. The van der Waals surface area contributed by atoms with E-state index in [0.29, 0.717) is 0 Å². The zero-order chi connectivity index (χ0) is 23.3. The van der Waals surface area contributed by atoms with Crippen LogP contribution in [0.3, 0.4) is 0 Å². The minimum atomic E-state index is 0.873. The molecule has 34 heavy (non-hydrogen) atoms. The van der Waals surface area contributed by atoms with E-state index in [1.165, 1.54) is 11.1 Å². The third-order valence-corrected chi connectivity index (χ3v) is 6.12. The molecule has 5 aromatic carbocycles. The molecule has 0 spiro atoms. The SMILES string of the molecule is COc1ccc(-c2ccc(-c3ccc(OC)c(-c4ccccc4)c3)cc2)cc1-c1ccccc1. The lowest BCUT2D eigenvalue weighted by molar-refractivity contribution is 0.416. The molecule has 2 heteroatoms. The summed E-state index contributed by atoms with van der Waals surface area (Å²) in [5, 5.41) is 0. The summed E-state index contributed by atoms with van der Waals surface area (Å²) in [7, 11) is 3.43. The van der Waals surface area contributed by atoms with E-state index in [0.717, 1.165) is 44.9 Å². The number of benzene rings is 5. The van der Waals surface area contributed by atoms with Gasteiger partial charge in [-0.1, -0.05) is 97.1 Å². The van der Waals surface area contributed by atoms with Crippen LogP contribution < -0.4 is 9.47 Å². The Bertz CT molecular complexity index is 1280. The van der Waals surface area contributed by atoms with Gasteiger partial charge in [0.15, 0.2) is 0 Å². The van der Waals surface area contributed by atoms with Gasteiger partial charge in [0.05, 0.1) is 14.2 Å². The van der Waals surface area contributed by atoms with E-state index >= 15 is 0 Å². The Kier molecular flexibility index (Phi) is 6.13. The van der Waals surface area contributed by atoms with Crippen LogP contribution in [-0.4, -0.2) is 14.2 Å². The fourth-order valence-corrected chi connectivity index (χ4v) is 4.32. The molecule has 5 aromatic rings. The molecule has 0 unspecified atom stereocenters. The van der Waals surface area contributed by atoms with Gasteiger partial charge in [-0.05, 0) is 57.6 Å². The number of methoxy groups -OCH3 is 2. The van der Waals surface area contributed by atoms with Crippen molar-refractivity contribution in [2.24, 2.45) is 0 Å². The van der Waals surface area contributed by atoms with Gasteiger partial charge < -0.3 is 9.47 Å². The van der Waals surface area contributed by atoms with Crippen LogP contribution in [0.2, 0.25) is 0 Å². The van der Waals surface area contributed by atoms with Crippen LogP contribution in [-0.2, 0) is 0 Å². The molecule has 166 valence electrons. The first kappa shape index (κ1) is 21.5. The molecule has 0 aromatic heterocycles. The van der Waals surface area contributed by atoms with Gasteiger partial charge in [0.2, 0.25) is 0 Å². The van der Waals surface area contributed by atoms with Crippen molar-refractivity contribution >= 4 is 0 Å². The summed E-state index contributed by atoms with van der Waals surface area (Å²) in [5.41, 5.74) is 9.12. The van der Waals surface area contributed by atoms with Gasteiger partial charge in [-0.3, -0.25) is 0 Å². The van der Waals surface area contributed by atoms with Crippen LogP contribution in [0.15, 0.2) is 121 Å². The lowest BCUT2D eigenvalue weighted by Crippen LogP contribution is -1.90. The molecule has 0 saturated heterocycles. The van der Waals surface area contributed by atoms with Crippen molar-refractivity contribution in [3.63, 3.8) is 0 Å². The quantitative estimate of drug-likeness (QED) is 0.263. The molecule has 0 aliphatic rings. The second kappa shape index (κ2) is 9.68. The van der Waals surface area contributed by atoms with Crippen LogP contribution >= 0.6 is 0 Å². The maximum absolute atomic E-state index is 5.62. The summed E-state index contributed by atoms with van der Waals surface area (Å²) in [5.74, 6) is 1.75. The van der Waals surface area contributed by atoms with Crippen LogP contribution in [0.25, 0.3) is 44.5 Å². The zero-order valence-electron chi connectivity index (χ0n) is 19.4. The topological polar surface area (TPSA) is 18.5 Å². The summed E-state index contributed by atoms with van der Waals surface area (Å²) in [6, 6.07) is 42.1. The fraction of sp³-hybridized carbons (Fsp3) is 0.0625. The summed E-state index contributed by atoms with van der Waals surface area (Å²) in [6.07, 6.45) is 0. The summed E-state index contributed by atoms with van der Waals surface area (Å²) in [6.45, 7) is 0. The van der Waals surface area contributed by atoms with E-state index in [-0.39, 0.29) is 0 Å². The van der Waals surface area contributed by atoms with Crippen molar-refractivity contribution in [1.82, 2.24) is 0 Å². The minimum absolute atomic E-state index is 0.873. The van der Waals surface area contributed by atoms with Crippen molar-refractivity contribution in [3.05, 3.63) is 121 Å². The monoisotopic (exact) mass is 442 g/mol. The van der Waals surface area contributed by atoms with E-state index in [4.69, 9.17) is 9.47 Å². The Morgan fingerprint density at radius 2 is 0.706 bits per heavy atom. The van der Waals surface area contributed by atoms with Gasteiger partial charge in [0, 0.05) is 11.1 Å². The normalized spacial score (nSPS) is 10.6. The van der Waals surface area contributed by atoms with Gasteiger partial charge in [-0.25, -0.2) is 0 Å². The highest BCUT2D eigenvalue weighted by Gasteiger charge is 2.10. The molecule has 0 amide bonds. The van der Waals surface area contributed by atoms with Gasteiger partial charge in [0.25, 0.3) is 0 Å². The molecule has 0 fully saturated rings. The molecule has 0 aliphatic carbocycles. The molecule has 0 N–H and O–H groups in total. The Labute approximate surface area is 201 Å². The smallest absolute Gasteiger partial charge is 0.126 e. The molecular weight excluding hydrogens is 416 g/mol. The lowest BCUT2D eigenvalue weighted by Gasteiger charge is -2.13. The van der Waals surface area contributed by atoms with E-state index in [1.54, 1.807) is 14.2 Å². The van der Waals surface area contributed by atoms with E-state index in [1.807, 2.05) is 24.3 Å². The summed E-state index contributed by atoms with van der Waals surface area (Å²) in [4.78, 5) is 0. The third kappa shape index (κ3) is 4.31. The van der Waals surface area contributed by atoms with E-state index in [9.17, 15) is 0 Å². The molecular formula is C32H26O2. The van der Waals surface area contributed by atoms with Crippen LogP contribution in [0.4, 0.5) is 0 Å². The van der Waals surface area contributed by atoms with E-state index < -0.39 is 0 Å². The van der Waals surface area contributed by atoms with Gasteiger partial charge in [-0.15, -0.1) is 0 Å². The first-order chi connectivity index (χ1) is 16.8. The van der Waals surface area contributed by atoms with E-state index in [2.05, 4.69) is 97.1 Å². The van der Waals surface area contributed by atoms with Crippen molar-refractivity contribution in [1.29, 1.82) is 0 Å². The largest absolute Gasteiger partial charge is 0.496 e. The average Bonchev–Trinajstić information content (AvgIpc) is 2.93. The predicted octanol–water partition coefficient (Wildman–Crippen LogP) is 8.37. The average molecular weight is 443 g/mol. The second-order valence-corrected chi connectivity index (χ2v) is 8.14. The molecule has 0 aliphatic heterocycles. The lowest BCUT2D eigenvalue weighted by atomic mass is 9.95. The molecule has 0 heterocycles. The third-order valence-electron chi connectivity index (χ3n) is 6.12. The molecule has 5 rings (SSSR count). The highest BCUT2D eigenvalue weighted by Crippen LogP contribution is 2.37. The Morgan fingerprint density at radius 1 is 0.353 bits per heavy atom. The van der Waals surface area contributed by atoms with Crippen LogP contribution in [0, 0.1) is 0 Å². The highest BCUT2D eigenvalue weighted by molar-refractivity contribution is 5.81. The first-order valence-corrected chi connectivity index (χ1v) is 11.3. The van der Waals surface area contributed by atoms with Gasteiger partial charge >= 0.3 is 0 Å². The summed E-state index contributed by atoms with van der Waals surface area (Å²) >= 11 is 0. The predicted molar refractivity (Wildman–Crippen MR) is 141 cm³/mol.